The van der Waals surface area contributed by atoms with Crippen LogP contribution in [0.4, 0.5) is 0 Å². The Balaban J connectivity index is 1.81. The molecule has 0 spiro atoms. The highest BCUT2D eigenvalue weighted by atomic mass is 16.5. The fourth-order valence-corrected chi connectivity index (χ4v) is 5.16. The summed E-state index contributed by atoms with van der Waals surface area (Å²) in [7, 11) is 0. The second-order valence-corrected chi connectivity index (χ2v) is 8.31. The molecule has 0 atom stereocenters. The summed E-state index contributed by atoms with van der Waals surface area (Å²) in [6, 6.07) is 0. The molecule has 2 rings (SSSR count). The number of unbranched alkanes of at least 4 members (excludes halogenated alkanes) is 2. The van der Waals surface area contributed by atoms with Crippen LogP contribution in [0.3, 0.4) is 0 Å². The first-order valence-corrected chi connectivity index (χ1v) is 10.5. The summed E-state index contributed by atoms with van der Waals surface area (Å²) in [4.78, 5) is 0. The maximum absolute atomic E-state index is 5.74. The smallest absolute Gasteiger partial charge is 0.0644 e. The van der Waals surface area contributed by atoms with Gasteiger partial charge in [-0.25, -0.2) is 0 Å². The van der Waals surface area contributed by atoms with Gasteiger partial charge in [0.2, 0.25) is 0 Å². The van der Waals surface area contributed by atoms with Gasteiger partial charge in [0.15, 0.2) is 0 Å². The second kappa shape index (κ2) is 10.5. The summed E-state index contributed by atoms with van der Waals surface area (Å²) in [6.07, 6.45) is 22.2. The Morgan fingerprint density at radius 2 is 1.65 bits per heavy atom. The lowest BCUT2D eigenvalue weighted by Gasteiger charge is -2.43. The maximum Gasteiger partial charge on any atom is 0.0644 e. The molecule has 0 heterocycles. The molecule has 2 aliphatic carbocycles. The highest BCUT2D eigenvalue weighted by molar-refractivity contribution is 4.88. The van der Waals surface area contributed by atoms with Gasteiger partial charge in [0.25, 0.3) is 0 Å². The summed E-state index contributed by atoms with van der Waals surface area (Å²) in [6.45, 7) is 7.73. The van der Waals surface area contributed by atoms with Crippen LogP contribution in [-0.2, 0) is 4.74 Å². The van der Waals surface area contributed by atoms with Crippen molar-refractivity contribution in [3.63, 3.8) is 0 Å². The number of hydrogen-bond acceptors (Lipinski definition) is 1. The SMILES string of the molecule is C=CCOCC[C@]1(CCCCC)CC[C@H](C2CCCCC2)CC1. The minimum Gasteiger partial charge on any atom is -0.377 e. The number of ether oxygens (including phenoxy) is 1. The fraction of sp³-hybridized carbons (Fsp3) is 0.909. The van der Waals surface area contributed by atoms with Crippen molar-refractivity contribution in [1.82, 2.24) is 0 Å². The van der Waals surface area contributed by atoms with Gasteiger partial charge in [-0.2, -0.15) is 0 Å². The van der Waals surface area contributed by atoms with Gasteiger partial charge in [0.05, 0.1) is 6.61 Å². The van der Waals surface area contributed by atoms with E-state index in [4.69, 9.17) is 4.74 Å². The van der Waals surface area contributed by atoms with E-state index in [1.54, 1.807) is 0 Å². The van der Waals surface area contributed by atoms with Gasteiger partial charge in [-0.05, 0) is 55.8 Å². The first-order chi connectivity index (χ1) is 11.3. The molecule has 1 heteroatoms. The van der Waals surface area contributed by atoms with E-state index in [1.807, 2.05) is 6.08 Å². The molecule has 134 valence electrons. The normalized spacial score (nSPS) is 29.5. The Morgan fingerprint density at radius 1 is 0.957 bits per heavy atom. The molecule has 1 nitrogen and oxygen atoms in total. The number of hydrogen-bond donors (Lipinski definition) is 0. The van der Waals surface area contributed by atoms with Crippen LogP contribution < -0.4 is 0 Å². The van der Waals surface area contributed by atoms with Crippen LogP contribution in [0.5, 0.6) is 0 Å². The van der Waals surface area contributed by atoms with E-state index in [1.165, 1.54) is 89.9 Å². The minimum absolute atomic E-state index is 0.599. The fourth-order valence-electron chi connectivity index (χ4n) is 5.16. The monoisotopic (exact) mass is 320 g/mol. The van der Waals surface area contributed by atoms with E-state index < -0.39 is 0 Å². The van der Waals surface area contributed by atoms with E-state index in [-0.39, 0.29) is 0 Å². The lowest BCUT2D eigenvalue weighted by atomic mass is 9.62. The predicted molar refractivity (Wildman–Crippen MR) is 101 cm³/mol. The summed E-state index contributed by atoms with van der Waals surface area (Å²) in [5.41, 5.74) is 0.599. The summed E-state index contributed by atoms with van der Waals surface area (Å²) in [5.74, 6) is 2.11. The van der Waals surface area contributed by atoms with Crippen molar-refractivity contribution in [3.05, 3.63) is 12.7 Å². The molecule has 2 fully saturated rings. The quantitative estimate of drug-likeness (QED) is 0.313. The van der Waals surface area contributed by atoms with E-state index >= 15 is 0 Å². The summed E-state index contributed by atoms with van der Waals surface area (Å²) in [5, 5.41) is 0. The maximum atomic E-state index is 5.74. The minimum atomic E-state index is 0.599. The second-order valence-electron chi connectivity index (χ2n) is 8.31. The van der Waals surface area contributed by atoms with E-state index in [0.29, 0.717) is 5.41 Å². The van der Waals surface area contributed by atoms with Crippen LogP contribution in [0, 0.1) is 17.3 Å². The van der Waals surface area contributed by atoms with Crippen LogP contribution >= 0.6 is 0 Å². The van der Waals surface area contributed by atoms with Crippen LogP contribution in [-0.4, -0.2) is 13.2 Å². The first kappa shape index (κ1) is 19.0. The van der Waals surface area contributed by atoms with Gasteiger partial charge in [-0.3, -0.25) is 0 Å². The van der Waals surface area contributed by atoms with Gasteiger partial charge in [0, 0.05) is 6.61 Å². The number of rotatable bonds is 10. The van der Waals surface area contributed by atoms with Crippen LogP contribution in [0.25, 0.3) is 0 Å². The molecule has 0 N–H and O–H groups in total. The van der Waals surface area contributed by atoms with Gasteiger partial charge in [-0.15, -0.1) is 6.58 Å². The zero-order chi connectivity index (χ0) is 16.4. The average Bonchev–Trinajstić information content (AvgIpc) is 2.61. The molecule has 2 saturated carbocycles. The first-order valence-electron chi connectivity index (χ1n) is 10.5. The van der Waals surface area contributed by atoms with E-state index in [2.05, 4.69) is 13.5 Å². The van der Waals surface area contributed by atoms with Crippen LogP contribution in [0.1, 0.15) is 96.8 Å². The predicted octanol–water partition coefficient (Wildman–Crippen LogP) is 6.92. The highest BCUT2D eigenvalue weighted by Gasteiger charge is 2.37. The van der Waals surface area contributed by atoms with Crippen molar-refractivity contribution in [2.75, 3.05) is 13.2 Å². The van der Waals surface area contributed by atoms with Crippen LogP contribution in [0.15, 0.2) is 12.7 Å². The van der Waals surface area contributed by atoms with Gasteiger partial charge in [0.1, 0.15) is 0 Å². The molecular formula is C22H40O. The molecule has 0 unspecified atom stereocenters. The standard InChI is InChI=1S/C22H40O/c1-3-5-9-14-22(17-19-23-18-4-2)15-12-21(13-16-22)20-10-7-6-8-11-20/h4,20-21H,2-3,5-19H2,1H3/t21-,22+. The largest absolute Gasteiger partial charge is 0.377 e. The van der Waals surface area contributed by atoms with Gasteiger partial charge in [-0.1, -0.05) is 64.4 Å². The van der Waals surface area contributed by atoms with Crippen molar-refractivity contribution in [2.45, 2.75) is 96.8 Å². The zero-order valence-corrected chi connectivity index (χ0v) is 15.7. The summed E-state index contributed by atoms with van der Waals surface area (Å²) < 4.78 is 5.74. The van der Waals surface area contributed by atoms with Gasteiger partial charge >= 0.3 is 0 Å². The molecule has 2 aliphatic rings. The molecule has 0 aliphatic heterocycles. The Bertz CT molecular complexity index is 308. The Hall–Kier alpha value is -0.300. The van der Waals surface area contributed by atoms with Crippen LogP contribution in [0.2, 0.25) is 0 Å². The molecule has 0 aromatic rings. The third-order valence-electron chi connectivity index (χ3n) is 6.73. The van der Waals surface area contributed by atoms with Gasteiger partial charge < -0.3 is 4.74 Å². The van der Waals surface area contributed by atoms with Crippen molar-refractivity contribution < 1.29 is 4.74 Å². The summed E-state index contributed by atoms with van der Waals surface area (Å²) >= 11 is 0. The third kappa shape index (κ3) is 6.25. The highest BCUT2D eigenvalue weighted by Crippen LogP contribution is 2.49. The Labute approximate surface area is 145 Å². The van der Waals surface area contributed by atoms with E-state index in [9.17, 15) is 0 Å². The molecule has 0 aromatic carbocycles. The molecule has 0 radical (unpaired) electrons. The zero-order valence-electron chi connectivity index (χ0n) is 15.7. The topological polar surface area (TPSA) is 9.23 Å². The molecule has 0 aromatic heterocycles. The molecular weight excluding hydrogens is 280 g/mol. The van der Waals surface area contributed by atoms with E-state index in [0.717, 1.165) is 25.0 Å². The molecule has 0 amide bonds. The van der Waals surface area contributed by atoms with Crippen molar-refractivity contribution in [1.29, 1.82) is 0 Å². The third-order valence-corrected chi connectivity index (χ3v) is 6.73. The Kier molecular flexibility index (Phi) is 8.72. The molecule has 23 heavy (non-hydrogen) atoms. The lowest BCUT2D eigenvalue weighted by Crippen LogP contribution is -2.32. The average molecular weight is 321 g/mol. The van der Waals surface area contributed by atoms with Crippen molar-refractivity contribution >= 4 is 0 Å². The van der Waals surface area contributed by atoms with Crippen molar-refractivity contribution in [3.8, 4) is 0 Å². The Morgan fingerprint density at radius 3 is 2.30 bits per heavy atom. The lowest BCUT2D eigenvalue weighted by molar-refractivity contribution is 0.0488. The molecule has 0 saturated heterocycles. The van der Waals surface area contributed by atoms with Crippen molar-refractivity contribution in [2.24, 2.45) is 17.3 Å². The molecule has 0 bridgehead atoms.